The molecular weight excluding hydrogens is 216 g/mol. The van der Waals surface area contributed by atoms with Crippen LogP contribution in [0.1, 0.15) is 37.3 Å². The normalized spacial score (nSPS) is 19.4. The van der Waals surface area contributed by atoms with E-state index >= 15 is 0 Å². The first-order valence-corrected chi connectivity index (χ1v) is 6.04. The lowest BCUT2D eigenvalue weighted by molar-refractivity contribution is -0.136. The van der Waals surface area contributed by atoms with E-state index in [1.165, 1.54) is 0 Å². The maximum atomic E-state index is 10.8. The number of hydrogen-bond acceptors (Lipinski definition) is 2. The Morgan fingerprint density at radius 3 is 2.59 bits per heavy atom. The van der Waals surface area contributed by atoms with Gasteiger partial charge in [0.05, 0.1) is 12.0 Å². The average molecular weight is 234 g/mol. The van der Waals surface area contributed by atoms with Crippen LogP contribution in [0.5, 0.6) is 0 Å². The third kappa shape index (κ3) is 2.34. The highest BCUT2D eigenvalue weighted by Crippen LogP contribution is 2.43. The molecule has 17 heavy (non-hydrogen) atoms. The van der Waals surface area contributed by atoms with Gasteiger partial charge in [-0.3, -0.25) is 4.79 Å². The van der Waals surface area contributed by atoms with E-state index in [0.29, 0.717) is 0 Å². The van der Waals surface area contributed by atoms with E-state index in [1.54, 1.807) is 13.0 Å². The van der Waals surface area contributed by atoms with Gasteiger partial charge in [0, 0.05) is 0 Å². The molecule has 0 aliphatic heterocycles. The SMILES string of the molecule is CC(O)(c1ccccc1CC(=O)O)C1CCC1. The van der Waals surface area contributed by atoms with E-state index in [4.69, 9.17) is 5.11 Å². The summed E-state index contributed by atoms with van der Waals surface area (Å²) in [6.45, 7) is 1.80. The molecule has 1 aromatic carbocycles. The lowest BCUT2D eigenvalue weighted by atomic mass is 9.69. The Morgan fingerprint density at radius 2 is 2.06 bits per heavy atom. The maximum absolute atomic E-state index is 10.8. The number of hydrogen-bond donors (Lipinski definition) is 2. The molecule has 0 amide bonds. The summed E-state index contributed by atoms with van der Waals surface area (Å²) >= 11 is 0. The largest absolute Gasteiger partial charge is 0.481 e. The molecule has 0 heterocycles. The fraction of sp³-hybridized carbons (Fsp3) is 0.500. The molecule has 3 heteroatoms. The second-order valence-electron chi connectivity index (χ2n) is 5.00. The summed E-state index contributed by atoms with van der Waals surface area (Å²) in [5.41, 5.74) is 0.591. The van der Waals surface area contributed by atoms with Gasteiger partial charge in [0.2, 0.25) is 0 Å². The van der Waals surface area contributed by atoms with Gasteiger partial charge >= 0.3 is 5.97 Å². The van der Waals surface area contributed by atoms with Gasteiger partial charge in [0.1, 0.15) is 0 Å². The first kappa shape index (κ1) is 12.1. The number of carboxylic acids is 1. The highest BCUT2D eigenvalue weighted by Gasteiger charge is 2.38. The molecule has 3 nitrogen and oxygen atoms in total. The van der Waals surface area contributed by atoms with Gasteiger partial charge in [0.15, 0.2) is 0 Å². The van der Waals surface area contributed by atoms with Crippen LogP contribution in [-0.4, -0.2) is 16.2 Å². The van der Waals surface area contributed by atoms with E-state index < -0.39 is 11.6 Å². The average Bonchev–Trinajstić information content (AvgIpc) is 2.13. The molecule has 1 aliphatic rings. The molecule has 1 aliphatic carbocycles. The first-order valence-electron chi connectivity index (χ1n) is 6.04. The zero-order chi connectivity index (χ0) is 12.5. The molecule has 0 spiro atoms. The van der Waals surface area contributed by atoms with Crippen LogP contribution >= 0.6 is 0 Å². The molecule has 1 fully saturated rings. The van der Waals surface area contributed by atoms with E-state index in [2.05, 4.69) is 0 Å². The Labute approximate surface area is 101 Å². The van der Waals surface area contributed by atoms with Crippen molar-refractivity contribution in [2.45, 2.75) is 38.2 Å². The second kappa shape index (κ2) is 4.49. The summed E-state index contributed by atoms with van der Waals surface area (Å²) in [6.07, 6.45) is 3.17. The summed E-state index contributed by atoms with van der Waals surface area (Å²) < 4.78 is 0. The van der Waals surface area contributed by atoms with Crippen molar-refractivity contribution in [2.24, 2.45) is 5.92 Å². The van der Waals surface area contributed by atoms with Crippen molar-refractivity contribution in [2.75, 3.05) is 0 Å². The van der Waals surface area contributed by atoms with Gasteiger partial charge in [-0.05, 0) is 36.8 Å². The van der Waals surface area contributed by atoms with E-state index in [1.807, 2.05) is 18.2 Å². The number of benzene rings is 1. The van der Waals surface area contributed by atoms with Gasteiger partial charge in [-0.2, -0.15) is 0 Å². The minimum atomic E-state index is -0.899. The zero-order valence-electron chi connectivity index (χ0n) is 10.0. The standard InChI is InChI=1S/C14H18O3/c1-14(17,11-6-4-7-11)12-8-3-2-5-10(12)9-13(15)16/h2-3,5,8,11,17H,4,6-7,9H2,1H3,(H,15,16). The van der Waals surface area contributed by atoms with Crippen LogP contribution in [0.3, 0.4) is 0 Å². The second-order valence-corrected chi connectivity index (χ2v) is 5.00. The number of aliphatic hydroxyl groups is 1. The van der Waals surface area contributed by atoms with Gasteiger partial charge in [0.25, 0.3) is 0 Å². The molecular formula is C14H18O3. The zero-order valence-corrected chi connectivity index (χ0v) is 10.0. The Hall–Kier alpha value is -1.35. The van der Waals surface area contributed by atoms with Crippen LogP contribution in [0, 0.1) is 5.92 Å². The summed E-state index contributed by atoms with van der Waals surface area (Å²) in [7, 11) is 0. The molecule has 1 aromatic rings. The molecule has 1 atom stereocenters. The minimum absolute atomic E-state index is 0.0287. The molecule has 0 radical (unpaired) electrons. The summed E-state index contributed by atoms with van der Waals surface area (Å²) in [5.74, 6) is -0.598. The van der Waals surface area contributed by atoms with Crippen molar-refractivity contribution in [1.82, 2.24) is 0 Å². The smallest absolute Gasteiger partial charge is 0.307 e. The fourth-order valence-corrected chi connectivity index (χ4v) is 2.52. The highest BCUT2D eigenvalue weighted by molar-refractivity contribution is 5.71. The van der Waals surface area contributed by atoms with Crippen molar-refractivity contribution >= 4 is 5.97 Å². The van der Waals surface area contributed by atoms with Crippen LogP contribution in [0.15, 0.2) is 24.3 Å². The van der Waals surface area contributed by atoms with Crippen molar-refractivity contribution in [3.63, 3.8) is 0 Å². The maximum Gasteiger partial charge on any atom is 0.307 e. The van der Waals surface area contributed by atoms with Gasteiger partial charge in [-0.25, -0.2) is 0 Å². The van der Waals surface area contributed by atoms with Crippen LogP contribution in [0.2, 0.25) is 0 Å². The molecule has 2 N–H and O–H groups in total. The Kier molecular flexibility index (Phi) is 3.20. The van der Waals surface area contributed by atoms with Gasteiger partial charge < -0.3 is 10.2 Å². The Morgan fingerprint density at radius 1 is 1.41 bits per heavy atom. The third-order valence-corrected chi connectivity index (χ3v) is 3.80. The van der Waals surface area contributed by atoms with Crippen LogP contribution in [0.4, 0.5) is 0 Å². The van der Waals surface area contributed by atoms with E-state index in [0.717, 1.165) is 30.4 Å². The quantitative estimate of drug-likeness (QED) is 0.840. The van der Waals surface area contributed by atoms with Crippen molar-refractivity contribution in [1.29, 1.82) is 0 Å². The van der Waals surface area contributed by atoms with Crippen LogP contribution in [0.25, 0.3) is 0 Å². The van der Waals surface area contributed by atoms with Gasteiger partial charge in [-0.15, -0.1) is 0 Å². The Bertz CT molecular complexity index is 419. The Balaban J connectivity index is 2.32. The van der Waals surface area contributed by atoms with Gasteiger partial charge in [-0.1, -0.05) is 30.7 Å². The molecule has 92 valence electrons. The third-order valence-electron chi connectivity index (χ3n) is 3.80. The minimum Gasteiger partial charge on any atom is -0.481 e. The topological polar surface area (TPSA) is 57.5 Å². The van der Waals surface area contributed by atoms with Crippen LogP contribution in [-0.2, 0) is 16.8 Å². The monoisotopic (exact) mass is 234 g/mol. The molecule has 2 rings (SSSR count). The lowest BCUT2D eigenvalue weighted by Crippen LogP contribution is -2.37. The predicted molar refractivity (Wildman–Crippen MR) is 64.7 cm³/mol. The number of aliphatic carboxylic acids is 1. The summed E-state index contributed by atoms with van der Waals surface area (Å²) in [6, 6.07) is 7.31. The molecule has 0 aromatic heterocycles. The van der Waals surface area contributed by atoms with Crippen LogP contribution < -0.4 is 0 Å². The molecule has 1 unspecified atom stereocenters. The molecule has 0 saturated heterocycles. The summed E-state index contributed by atoms with van der Waals surface area (Å²) in [5, 5.41) is 19.5. The number of carboxylic acid groups (broad SMARTS) is 1. The highest BCUT2D eigenvalue weighted by atomic mass is 16.4. The van der Waals surface area contributed by atoms with E-state index in [-0.39, 0.29) is 12.3 Å². The molecule has 1 saturated carbocycles. The van der Waals surface area contributed by atoms with Crippen molar-refractivity contribution < 1.29 is 15.0 Å². The number of rotatable bonds is 4. The molecule has 0 bridgehead atoms. The van der Waals surface area contributed by atoms with Crippen molar-refractivity contribution in [3.05, 3.63) is 35.4 Å². The fourth-order valence-electron chi connectivity index (χ4n) is 2.52. The summed E-state index contributed by atoms with van der Waals surface area (Å²) in [4.78, 5) is 10.8. The number of carbonyl (C=O) groups is 1. The lowest BCUT2D eigenvalue weighted by Gasteiger charge is -2.40. The van der Waals surface area contributed by atoms with E-state index in [9.17, 15) is 9.90 Å². The predicted octanol–water partition coefficient (Wildman–Crippen LogP) is 2.32. The first-order chi connectivity index (χ1) is 8.01. The van der Waals surface area contributed by atoms with Crippen molar-refractivity contribution in [3.8, 4) is 0 Å².